The van der Waals surface area contributed by atoms with E-state index in [0.29, 0.717) is 11.3 Å². The number of likely N-dealkylation sites (tertiary alicyclic amines) is 1. The molecule has 0 aromatic heterocycles. The number of rotatable bonds is 3. The number of nitriles is 1. The normalized spacial score (nSPS) is 26.5. The second kappa shape index (κ2) is 4.42. The van der Waals surface area contributed by atoms with E-state index in [9.17, 15) is 4.79 Å². The Morgan fingerprint density at radius 3 is 2.88 bits per heavy atom. The lowest BCUT2D eigenvalue weighted by atomic mass is 9.63. The summed E-state index contributed by atoms with van der Waals surface area (Å²) in [7, 11) is 1.71. The molecule has 88 valence electrons. The maximum absolute atomic E-state index is 11.7. The molecule has 4 heteroatoms. The van der Waals surface area contributed by atoms with Crippen LogP contribution in [0.25, 0.3) is 0 Å². The molecule has 2 fully saturated rings. The fourth-order valence-electron chi connectivity index (χ4n) is 3.03. The maximum Gasteiger partial charge on any atom is 0.236 e. The predicted molar refractivity (Wildman–Crippen MR) is 58.5 cm³/mol. The third kappa shape index (κ3) is 1.80. The van der Waals surface area contributed by atoms with E-state index >= 15 is 0 Å². The summed E-state index contributed by atoms with van der Waals surface area (Å²) in [5.74, 6) is 0.446. The van der Waals surface area contributed by atoms with E-state index in [4.69, 9.17) is 10.00 Å². The highest BCUT2D eigenvalue weighted by Gasteiger charge is 2.51. The molecule has 1 aliphatic carbocycles. The van der Waals surface area contributed by atoms with Crippen LogP contribution in [0.4, 0.5) is 0 Å². The molecule has 1 heterocycles. The number of carbonyl (C=O) groups excluding carboxylic acids is 1. The zero-order valence-electron chi connectivity index (χ0n) is 9.74. The fourth-order valence-corrected chi connectivity index (χ4v) is 3.03. The molecule has 1 aliphatic heterocycles. The van der Waals surface area contributed by atoms with Crippen molar-refractivity contribution in [1.29, 1.82) is 5.26 Å². The van der Waals surface area contributed by atoms with Crippen LogP contribution in [-0.2, 0) is 9.53 Å². The van der Waals surface area contributed by atoms with Crippen LogP contribution >= 0.6 is 0 Å². The van der Waals surface area contributed by atoms with E-state index in [1.54, 1.807) is 7.11 Å². The number of amides is 1. The van der Waals surface area contributed by atoms with Gasteiger partial charge in [-0.05, 0) is 18.3 Å². The molecule has 2 rings (SSSR count). The van der Waals surface area contributed by atoms with Crippen molar-refractivity contribution < 1.29 is 9.53 Å². The molecule has 1 saturated heterocycles. The second-order valence-electron chi connectivity index (χ2n) is 4.98. The number of hydrogen-bond donors (Lipinski definition) is 0. The smallest absolute Gasteiger partial charge is 0.236 e. The fraction of sp³-hybridized carbons (Fsp3) is 0.833. The highest BCUT2D eigenvalue weighted by molar-refractivity contribution is 5.78. The van der Waals surface area contributed by atoms with Gasteiger partial charge in [0, 0.05) is 26.1 Å². The zero-order chi connectivity index (χ0) is 11.6. The minimum atomic E-state index is -0.0209. The Hall–Kier alpha value is -1.08. The van der Waals surface area contributed by atoms with Gasteiger partial charge in [0.15, 0.2) is 0 Å². The van der Waals surface area contributed by atoms with Gasteiger partial charge in [0.1, 0.15) is 6.42 Å². The molecule has 2 aliphatic rings. The van der Waals surface area contributed by atoms with E-state index in [-0.39, 0.29) is 12.3 Å². The molecule has 1 saturated carbocycles. The Balaban J connectivity index is 2.01. The summed E-state index contributed by atoms with van der Waals surface area (Å²) in [6.07, 6.45) is 3.69. The van der Waals surface area contributed by atoms with Gasteiger partial charge in [0.25, 0.3) is 0 Å². The van der Waals surface area contributed by atoms with Crippen molar-refractivity contribution in [3.05, 3.63) is 0 Å². The van der Waals surface area contributed by atoms with Gasteiger partial charge < -0.3 is 9.64 Å². The molecule has 0 aromatic carbocycles. The zero-order valence-corrected chi connectivity index (χ0v) is 9.74. The van der Waals surface area contributed by atoms with Crippen LogP contribution in [-0.4, -0.2) is 37.6 Å². The summed E-state index contributed by atoms with van der Waals surface area (Å²) in [5.41, 5.74) is 0.307. The lowest BCUT2D eigenvalue weighted by Gasteiger charge is -2.42. The first-order valence-electron chi connectivity index (χ1n) is 5.85. The number of hydrogen-bond acceptors (Lipinski definition) is 3. The van der Waals surface area contributed by atoms with Crippen molar-refractivity contribution in [2.45, 2.75) is 25.7 Å². The van der Waals surface area contributed by atoms with Gasteiger partial charge in [-0.2, -0.15) is 5.26 Å². The molecule has 0 radical (unpaired) electrons. The van der Waals surface area contributed by atoms with Crippen molar-refractivity contribution in [1.82, 2.24) is 4.90 Å². The first kappa shape index (κ1) is 11.4. The molecule has 1 amide bonds. The second-order valence-corrected chi connectivity index (χ2v) is 4.98. The maximum atomic E-state index is 11.7. The lowest BCUT2D eigenvalue weighted by molar-refractivity contribution is -0.129. The van der Waals surface area contributed by atoms with Crippen LogP contribution in [0, 0.1) is 22.7 Å². The van der Waals surface area contributed by atoms with E-state index in [2.05, 4.69) is 0 Å². The lowest BCUT2D eigenvalue weighted by Crippen LogP contribution is -2.39. The Bertz CT molecular complexity index is 317. The monoisotopic (exact) mass is 222 g/mol. The van der Waals surface area contributed by atoms with Gasteiger partial charge in [-0.25, -0.2) is 0 Å². The van der Waals surface area contributed by atoms with Crippen molar-refractivity contribution in [2.75, 3.05) is 26.8 Å². The first-order chi connectivity index (χ1) is 7.72. The highest BCUT2D eigenvalue weighted by atomic mass is 16.5. The minimum absolute atomic E-state index is 0.00970. The van der Waals surface area contributed by atoms with Gasteiger partial charge in [0.05, 0.1) is 12.7 Å². The molecular weight excluding hydrogens is 204 g/mol. The molecular formula is C12H18N2O2. The summed E-state index contributed by atoms with van der Waals surface area (Å²) in [6.45, 7) is 2.34. The number of ether oxygens (including phenoxy) is 1. The quantitative estimate of drug-likeness (QED) is 0.720. The van der Waals surface area contributed by atoms with Gasteiger partial charge in [-0.15, -0.1) is 0 Å². The topological polar surface area (TPSA) is 53.3 Å². The highest BCUT2D eigenvalue weighted by Crippen LogP contribution is 2.51. The third-order valence-corrected chi connectivity index (χ3v) is 4.11. The molecule has 16 heavy (non-hydrogen) atoms. The summed E-state index contributed by atoms with van der Waals surface area (Å²) in [5, 5.41) is 8.55. The first-order valence-corrected chi connectivity index (χ1v) is 5.85. The molecule has 0 aromatic rings. The van der Waals surface area contributed by atoms with Crippen molar-refractivity contribution in [3.63, 3.8) is 0 Å². The number of carbonyl (C=O) groups is 1. The predicted octanol–water partition coefficient (Wildman–Crippen LogP) is 1.18. The molecule has 1 spiro atoms. The molecule has 4 nitrogen and oxygen atoms in total. The van der Waals surface area contributed by atoms with Gasteiger partial charge >= 0.3 is 0 Å². The minimum Gasteiger partial charge on any atom is -0.384 e. The van der Waals surface area contributed by atoms with E-state index in [1.165, 1.54) is 19.3 Å². The standard InChI is InChI=1S/C12H18N2O2/c1-16-8-10-7-14(11(15)3-6-13)9-12(10)4-2-5-12/h10H,2-5,7-9H2,1H3/t10-/m1/s1. The van der Waals surface area contributed by atoms with Crippen LogP contribution < -0.4 is 0 Å². The van der Waals surface area contributed by atoms with Gasteiger partial charge in [-0.1, -0.05) is 6.42 Å². The Labute approximate surface area is 96.2 Å². The summed E-state index contributed by atoms with van der Waals surface area (Å²) in [6, 6.07) is 1.93. The average molecular weight is 222 g/mol. The van der Waals surface area contributed by atoms with Gasteiger partial charge in [-0.3, -0.25) is 4.79 Å². The summed E-state index contributed by atoms with van der Waals surface area (Å²) in [4.78, 5) is 13.5. The van der Waals surface area contributed by atoms with Crippen molar-refractivity contribution in [3.8, 4) is 6.07 Å². The number of methoxy groups -OCH3 is 1. The van der Waals surface area contributed by atoms with E-state index in [0.717, 1.165) is 19.7 Å². The van der Waals surface area contributed by atoms with Crippen molar-refractivity contribution in [2.24, 2.45) is 11.3 Å². The average Bonchev–Trinajstić information content (AvgIpc) is 2.58. The summed E-state index contributed by atoms with van der Waals surface area (Å²) < 4.78 is 5.24. The molecule has 1 atom stereocenters. The van der Waals surface area contributed by atoms with Crippen LogP contribution in [0.5, 0.6) is 0 Å². The van der Waals surface area contributed by atoms with Crippen LogP contribution in [0.3, 0.4) is 0 Å². The molecule has 0 bridgehead atoms. The third-order valence-electron chi connectivity index (χ3n) is 4.11. The van der Waals surface area contributed by atoms with Gasteiger partial charge in [0.2, 0.25) is 5.91 Å². The van der Waals surface area contributed by atoms with E-state index in [1.807, 2.05) is 11.0 Å². The largest absolute Gasteiger partial charge is 0.384 e. The van der Waals surface area contributed by atoms with E-state index < -0.39 is 0 Å². The Morgan fingerprint density at radius 2 is 2.38 bits per heavy atom. The SMILES string of the molecule is COC[C@H]1CN(C(=O)CC#N)CC12CCC2. The van der Waals surface area contributed by atoms with Crippen LogP contribution in [0.2, 0.25) is 0 Å². The summed E-state index contributed by atoms with van der Waals surface area (Å²) >= 11 is 0. The Kier molecular flexibility index (Phi) is 3.15. The van der Waals surface area contributed by atoms with Crippen LogP contribution in [0.1, 0.15) is 25.7 Å². The number of nitrogens with zero attached hydrogens (tertiary/aromatic N) is 2. The molecule has 0 N–H and O–H groups in total. The molecule has 0 unspecified atom stereocenters. The van der Waals surface area contributed by atoms with Crippen LogP contribution in [0.15, 0.2) is 0 Å². The Morgan fingerprint density at radius 1 is 1.62 bits per heavy atom. The van der Waals surface area contributed by atoms with Crippen molar-refractivity contribution >= 4 is 5.91 Å².